The van der Waals surface area contributed by atoms with E-state index in [1.807, 2.05) is 49.4 Å². The Bertz CT molecular complexity index is 882. The van der Waals surface area contributed by atoms with E-state index in [-0.39, 0.29) is 11.8 Å². The van der Waals surface area contributed by atoms with Crippen molar-refractivity contribution in [2.45, 2.75) is 25.4 Å². The van der Waals surface area contributed by atoms with Gasteiger partial charge in [0.05, 0.1) is 30.8 Å². The number of carbonyl (C=O) groups excluding carboxylic acids is 2. The van der Waals surface area contributed by atoms with E-state index in [0.29, 0.717) is 55.3 Å². The molecule has 2 amide bonds. The van der Waals surface area contributed by atoms with Crippen LogP contribution in [0.25, 0.3) is 0 Å². The number of urea groups is 1. The molecule has 0 radical (unpaired) electrons. The first-order valence-electron chi connectivity index (χ1n) is 9.19. The van der Waals surface area contributed by atoms with Crippen LogP contribution in [0, 0.1) is 0 Å². The number of Topliss-reactive ketones (excluding diaryl/α,β-unsaturated/α-hetero) is 1. The van der Waals surface area contributed by atoms with Gasteiger partial charge in [0.15, 0.2) is 5.78 Å². The van der Waals surface area contributed by atoms with Crippen LogP contribution in [0.2, 0.25) is 0 Å². The lowest BCUT2D eigenvalue weighted by atomic mass is 9.89. The summed E-state index contributed by atoms with van der Waals surface area (Å²) in [7, 11) is 0. The molecule has 27 heavy (non-hydrogen) atoms. The monoisotopic (exact) mass is 366 g/mol. The van der Waals surface area contributed by atoms with Crippen molar-refractivity contribution in [1.29, 1.82) is 0 Å². The number of ether oxygens (including phenoxy) is 2. The molecule has 1 unspecified atom stereocenters. The molecule has 2 aromatic rings. The Hall–Kier alpha value is -3.02. The maximum Gasteiger partial charge on any atom is 0.322 e. The SMILES string of the molecule is CCOc1ccccc1NC(=O)N1CCC2(CC(=O)c3ccccc3O2)C1. The largest absolute Gasteiger partial charge is 0.492 e. The molecule has 2 aliphatic heterocycles. The molecule has 0 aliphatic carbocycles. The van der Waals surface area contributed by atoms with Crippen molar-refractivity contribution in [2.24, 2.45) is 0 Å². The van der Waals surface area contributed by atoms with Gasteiger partial charge in [-0.1, -0.05) is 24.3 Å². The maximum absolute atomic E-state index is 12.7. The third-order valence-electron chi connectivity index (χ3n) is 5.03. The first kappa shape index (κ1) is 17.4. The number of amides is 2. The summed E-state index contributed by atoms with van der Waals surface area (Å²) in [6.45, 7) is 3.35. The number of likely N-dealkylation sites (tertiary alicyclic amines) is 1. The van der Waals surface area contributed by atoms with Crippen molar-refractivity contribution in [3.8, 4) is 11.5 Å². The zero-order valence-corrected chi connectivity index (χ0v) is 15.2. The molecule has 1 N–H and O–H groups in total. The Morgan fingerprint density at radius 3 is 2.85 bits per heavy atom. The number of carbonyl (C=O) groups is 2. The molecule has 0 bridgehead atoms. The van der Waals surface area contributed by atoms with Crippen molar-refractivity contribution < 1.29 is 19.1 Å². The van der Waals surface area contributed by atoms with Crippen LogP contribution in [-0.4, -0.2) is 42.0 Å². The number of nitrogens with one attached hydrogen (secondary N) is 1. The lowest BCUT2D eigenvalue weighted by Gasteiger charge is -2.34. The summed E-state index contributed by atoms with van der Waals surface area (Å²) in [5, 5.41) is 2.91. The fourth-order valence-electron chi connectivity index (χ4n) is 3.73. The predicted molar refractivity (Wildman–Crippen MR) is 102 cm³/mol. The average Bonchev–Trinajstić information content (AvgIpc) is 3.07. The number of rotatable bonds is 3. The van der Waals surface area contributed by atoms with E-state index in [0.717, 1.165) is 0 Å². The van der Waals surface area contributed by atoms with Crippen LogP contribution in [0.4, 0.5) is 10.5 Å². The minimum absolute atomic E-state index is 0.0702. The summed E-state index contributed by atoms with van der Waals surface area (Å²) in [5.74, 6) is 1.32. The quantitative estimate of drug-likeness (QED) is 0.899. The molecular formula is C21H22N2O4. The minimum atomic E-state index is -0.637. The van der Waals surface area contributed by atoms with Gasteiger partial charge < -0.3 is 19.7 Å². The molecule has 4 rings (SSSR count). The van der Waals surface area contributed by atoms with Crippen molar-refractivity contribution in [3.05, 3.63) is 54.1 Å². The van der Waals surface area contributed by atoms with Gasteiger partial charge in [0, 0.05) is 13.0 Å². The highest BCUT2D eigenvalue weighted by Gasteiger charge is 2.47. The number of hydrogen-bond donors (Lipinski definition) is 1. The normalized spacial score (nSPS) is 20.9. The number of para-hydroxylation sites is 3. The zero-order valence-electron chi connectivity index (χ0n) is 15.2. The van der Waals surface area contributed by atoms with Gasteiger partial charge in [-0.3, -0.25) is 4.79 Å². The maximum atomic E-state index is 12.7. The molecule has 6 nitrogen and oxygen atoms in total. The van der Waals surface area contributed by atoms with Crippen LogP contribution in [0.5, 0.6) is 11.5 Å². The van der Waals surface area contributed by atoms with E-state index < -0.39 is 5.60 Å². The summed E-state index contributed by atoms with van der Waals surface area (Å²) in [6.07, 6.45) is 0.928. The standard InChI is InChI=1S/C21H22N2O4/c1-2-26-19-10-6-4-8-16(19)22-20(25)23-12-11-21(14-23)13-17(24)15-7-3-5-9-18(15)27-21/h3-10H,2,11-14H2,1H3,(H,22,25). The van der Waals surface area contributed by atoms with Crippen LogP contribution < -0.4 is 14.8 Å². The summed E-state index contributed by atoms with van der Waals surface area (Å²) in [4.78, 5) is 27.0. The van der Waals surface area contributed by atoms with Gasteiger partial charge in [-0.05, 0) is 31.2 Å². The van der Waals surface area contributed by atoms with Crippen LogP contribution in [-0.2, 0) is 0 Å². The van der Waals surface area contributed by atoms with Gasteiger partial charge >= 0.3 is 6.03 Å². The van der Waals surface area contributed by atoms with Crippen molar-refractivity contribution >= 4 is 17.5 Å². The van der Waals surface area contributed by atoms with Crippen molar-refractivity contribution in [1.82, 2.24) is 4.90 Å². The van der Waals surface area contributed by atoms with Crippen molar-refractivity contribution in [2.75, 3.05) is 25.0 Å². The highest BCUT2D eigenvalue weighted by molar-refractivity contribution is 6.00. The van der Waals surface area contributed by atoms with Gasteiger partial charge in [-0.2, -0.15) is 0 Å². The molecule has 2 heterocycles. The fraction of sp³-hybridized carbons (Fsp3) is 0.333. The molecule has 0 aromatic heterocycles. The number of hydrogen-bond acceptors (Lipinski definition) is 4. The zero-order chi connectivity index (χ0) is 18.9. The van der Waals surface area contributed by atoms with E-state index in [4.69, 9.17) is 9.47 Å². The molecular weight excluding hydrogens is 344 g/mol. The summed E-state index contributed by atoms with van der Waals surface area (Å²) >= 11 is 0. The van der Waals surface area contributed by atoms with Gasteiger partial charge in [0.2, 0.25) is 0 Å². The Kier molecular flexibility index (Phi) is 4.48. The molecule has 1 saturated heterocycles. The second kappa shape index (κ2) is 6.95. The predicted octanol–water partition coefficient (Wildman–Crippen LogP) is 3.73. The van der Waals surface area contributed by atoms with Crippen LogP contribution >= 0.6 is 0 Å². The number of benzene rings is 2. The first-order chi connectivity index (χ1) is 13.1. The second-order valence-corrected chi connectivity index (χ2v) is 6.91. The van der Waals surface area contributed by atoms with Gasteiger partial charge in [-0.15, -0.1) is 0 Å². The smallest absolute Gasteiger partial charge is 0.322 e. The molecule has 2 aromatic carbocycles. The number of fused-ring (bicyclic) bond motifs is 1. The number of ketones is 1. The lowest BCUT2D eigenvalue weighted by Crippen LogP contribution is -2.46. The topological polar surface area (TPSA) is 67.9 Å². The average molecular weight is 366 g/mol. The summed E-state index contributed by atoms with van der Waals surface area (Å²) in [6, 6.07) is 14.4. The number of anilines is 1. The first-order valence-corrected chi connectivity index (χ1v) is 9.19. The third kappa shape index (κ3) is 3.35. The molecule has 0 saturated carbocycles. The van der Waals surface area contributed by atoms with Crippen molar-refractivity contribution in [3.63, 3.8) is 0 Å². The lowest BCUT2D eigenvalue weighted by molar-refractivity contribution is 0.0482. The summed E-state index contributed by atoms with van der Waals surface area (Å²) < 4.78 is 11.7. The highest BCUT2D eigenvalue weighted by atomic mass is 16.5. The molecule has 6 heteroatoms. The fourth-order valence-corrected chi connectivity index (χ4v) is 3.73. The van der Waals surface area contributed by atoms with E-state index in [1.165, 1.54) is 0 Å². The van der Waals surface area contributed by atoms with E-state index in [9.17, 15) is 9.59 Å². The van der Waals surface area contributed by atoms with Gasteiger partial charge in [0.1, 0.15) is 17.1 Å². The van der Waals surface area contributed by atoms with Gasteiger partial charge in [-0.25, -0.2) is 4.79 Å². The Morgan fingerprint density at radius 1 is 1.22 bits per heavy atom. The summed E-state index contributed by atoms with van der Waals surface area (Å²) in [5.41, 5.74) is 0.621. The van der Waals surface area contributed by atoms with E-state index in [1.54, 1.807) is 11.0 Å². The van der Waals surface area contributed by atoms with Gasteiger partial charge in [0.25, 0.3) is 0 Å². The van der Waals surface area contributed by atoms with Crippen LogP contribution in [0.15, 0.2) is 48.5 Å². The molecule has 1 atom stereocenters. The van der Waals surface area contributed by atoms with E-state index >= 15 is 0 Å². The van der Waals surface area contributed by atoms with Crippen LogP contribution in [0.3, 0.4) is 0 Å². The van der Waals surface area contributed by atoms with E-state index in [2.05, 4.69) is 5.32 Å². The minimum Gasteiger partial charge on any atom is -0.492 e. The second-order valence-electron chi connectivity index (χ2n) is 6.91. The molecule has 1 fully saturated rings. The number of nitrogens with zero attached hydrogens (tertiary/aromatic N) is 1. The molecule has 2 aliphatic rings. The third-order valence-corrected chi connectivity index (χ3v) is 5.03. The molecule has 140 valence electrons. The Balaban J connectivity index is 1.47. The van der Waals surface area contributed by atoms with Crippen LogP contribution in [0.1, 0.15) is 30.1 Å². The molecule has 1 spiro atoms. The Morgan fingerprint density at radius 2 is 2.00 bits per heavy atom. The Labute approximate surface area is 158 Å². The highest BCUT2D eigenvalue weighted by Crippen LogP contribution is 2.38.